The first-order chi connectivity index (χ1) is 6.02. The summed E-state index contributed by atoms with van der Waals surface area (Å²) in [6.07, 6.45) is 1.93. The average Bonchev–Trinajstić information content (AvgIpc) is 2.14. The van der Waals surface area contributed by atoms with Crippen molar-refractivity contribution in [2.45, 2.75) is 53.1 Å². The molecule has 0 rings (SSSR count). The van der Waals surface area contributed by atoms with Crippen molar-refractivity contribution in [1.29, 1.82) is 0 Å². The van der Waals surface area contributed by atoms with Crippen LogP contribution in [-0.2, 0) is 4.79 Å². The third-order valence-electron chi connectivity index (χ3n) is 2.70. The van der Waals surface area contributed by atoms with Gasteiger partial charge < -0.3 is 5.11 Å². The zero-order valence-corrected chi connectivity index (χ0v) is 9.21. The van der Waals surface area contributed by atoms with Crippen molar-refractivity contribution in [3.63, 3.8) is 0 Å². The minimum atomic E-state index is -0.257. The highest BCUT2D eigenvalue weighted by Gasteiger charge is 2.18. The summed E-state index contributed by atoms with van der Waals surface area (Å²) in [5.41, 5.74) is 0. The first-order valence-electron chi connectivity index (χ1n) is 5.23. The van der Waals surface area contributed by atoms with Crippen molar-refractivity contribution >= 4 is 5.78 Å². The predicted octanol–water partition coefficient (Wildman–Crippen LogP) is 2.40. The second-order valence-corrected chi connectivity index (χ2v) is 3.91. The third-order valence-corrected chi connectivity index (χ3v) is 2.70. The van der Waals surface area contributed by atoms with Gasteiger partial charge in [-0.2, -0.15) is 0 Å². The summed E-state index contributed by atoms with van der Waals surface area (Å²) in [4.78, 5) is 11.3. The minimum Gasteiger partial charge on any atom is -0.393 e. The van der Waals surface area contributed by atoms with Crippen LogP contribution in [-0.4, -0.2) is 17.0 Å². The number of aliphatic hydroxyl groups excluding tert-OH is 1. The van der Waals surface area contributed by atoms with E-state index in [4.69, 9.17) is 0 Å². The molecule has 0 aliphatic heterocycles. The minimum absolute atomic E-state index is 0.0983. The van der Waals surface area contributed by atoms with Gasteiger partial charge in [0.25, 0.3) is 0 Å². The maximum atomic E-state index is 11.3. The highest BCUT2D eigenvalue weighted by atomic mass is 16.3. The molecule has 0 aliphatic carbocycles. The molecule has 0 aromatic rings. The number of carbonyl (C=O) groups is 1. The van der Waals surface area contributed by atoms with E-state index in [-0.39, 0.29) is 17.9 Å². The standard InChI is InChI=1S/C11H22O2/c1-5-10(12)8(3)7-9(4)11(13)6-2/h8-10,12H,5-7H2,1-4H3/t8-,9+,10+/m0/s1. The Bertz CT molecular complexity index is 154. The molecule has 1 N–H and O–H groups in total. The molecule has 0 unspecified atom stereocenters. The number of ketones is 1. The lowest BCUT2D eigenvalue weighted by molar-refractivity contribution is -0.122. The molecule has 0 amide bonds. The molecule has 2 heteroatoms. The van der Waals surface area contributed by atoms with Gasteiger partial charge in [0.05, 0.1) is 6.10 Å². The van der Waals surface area contributed by atoms with E-state index in [0.717, 1.165) is 12.8 Å². The van der Waals surface area contributed by atoms with Crippen LogP contribution in [0.15, 0.2) is 0 Å². The number of aliphatic hydroxyl groups is 1. The molecule has 0 aromatic heterocycles. The van der Waals surface area contributed by atoms with Crippen molar-refractivity contribution in [3.8, 4) is 0 Å². The quantitative estimate of drug-likeness (QED) is 0.691. The fraction of sp³-hybridized carbons (Fsp3) is 0.909. The summed E-state index contributed by atoms with van der Waals surface area (Å²) < 4.78 is 0. The number of rotatable bonds is 6. The molecule has 0 aliphatic rings. The topological polar surface area (TPSA) is 37.3 Å². The molecule has 0 saturated heterocycles. The van der Waals surface area contributed by atoms with Crippen LogP contribution in [0.5, 0.6) is 0 Å². The van der Waals surface area contributed by atoms with Crippen LogP contribution in [0.4, 0.5) is 0 Å². The van der Waals surface area contributed by atoms with Gasteiger partial charge in [-0.25, -0.2) is 0 Å². The zero-order chi connectivity index (χ0) is 10.4. The molecule has 0 bridgehead atoms. The van der Waals surface area contributed by atoms with E-state index in [1.807, 2.05) is 27.7 Å². The summed E-state index contributed by atoms with van der Waals surface area (Å²) in [6.45, 7) is 7.81. The lowest BCUT2D eigenvalue weighted by Gasteiger charge is -2.20. The molecule has 0 radical (unpaired) electrons. The molecule has 78 valence electrons. The van der Waals surface area contributed by atoms with Gasteiger partial charge in [0.1, 0.15) is 5.78 Å². The summed E-state index contributed by atoms with van der Waals surface area (Å²) >= 11 is 0. The van der Waals surface area contributed by atoms with Crippen molar-refractivity contribution in [2.24, 2.45) is 11.8 Å². The Morgan fingerprint density at radius 3 is 2.23 bits per heavy atom. The van der Waals surface area contributed by atoms with Gasteiger partial charge >= 0.3 is 0 Å². The average molecular weight is 186 g/mol. The summed E-state index contributed by atoms with van der Waals surface area (Å²) in [6, 6.07) is 0. The first kappa shape index (κ1) is 12.6. The molecule has 2 nitrogen and oxygen atoms in total. The van der Waals surface area contributed by atoms with E-state index < -0.39 is 0 Å². The van der Waals surface area contributed by atoms with Gasteiger partial charge in [-0.3, -0.25) is 4.79 Å². The van der Waals surface area contributed by atoms with Crippen molar-refractivity contribution in [3.05, 3.63) is 0 Å². The molecule has 0 spiro atoms. The second kappa shape index (κ2) is 6.14. The van der Waals surface area contributed by atoms with Crippen LogP contribution in [0.3, 0.4) is 0 Å². The van der Waals surface area contributed by atoms with E-state index in [2.05, 4.69) is 0 Å². The molecule has 0 aromatic carbocycles. The predicted molar refractivity (Wildman–Crippen MR) is 54.5 cm³/mol. The Kier molecular flexibility index (Phi) is 5.97. The van der Waals surface area contributed by atoms with Crippen molar-refractivity contribution < 1.29 is 9.90 Å². The molecule has 0 saturated carbocycles. The molecule has 3 atom stereocenters. The van der Waals surface area contributed by atoms with Crippen LogP contribution in [0.1, 0.15) is 47.0 Å². The van der Waals surface area contributed by atoms with Crippen molar-refractivity contribution in [1.82, 2.24) is 0 Å². The van der Waals surface area contributed by atoms with E-state index in [9.17, 15) is 9.90 Å². The van der Waals surface area contributed by atoms with Gasteiger partial charge in [0.15, 0.2) is 0 Å². The smallest absolute Gasteiger partial charge is 0.135 e. The first-order valence-corrected chi connectivity index (χ1v) is 5.23. The van der Waals surface area contributed by atoms with Crippen LogP contribution in [0.25, 0.3) is 0 Å². The Morgan fingerprint density at radius 1 is 1.31 bits per heavy atom. The van der Waals surface area contributed by atoms with Crippen LogP contribution < -0.4 is 0 Å². The highest BCUT2D eigenvalue weighted by Crippen LogP contribution is 2.18. The lowest BCUT2D eigenvalue weighted by atomic mass is 9.89. The van der Waals surface area contributed by atoms with Gasteiger partial charge in [0.2, 0.25) is 0 Å². The molecule has 0 fully saturated rings. The van der Waals surface area contributed by atoms with E-state index in [0.29, 0.717) is 12.2 Å². The van der Waals surface area contributed by atoms with Gasteiger partial charge in [-0.05, 0) is 18.8 Å². The fourth-order valence-corrected chi connectivity index (χ4v) is 1.60. The molecular weight excluding hydrogens is 164 g/mol. The number of carbonyl (C=O) groups excluding carboxylic acids is 1. The Morgan fingerprint density at radius 2 is 1.85 bits per heavy atom. The monoisotopic (exact) mass is 186 g/mol. The summed E-state index contributed by atoms with van der Waals surface area (Å²) in [7, 11) is 0. The van der Waals surface area contributed by atoms with Crippen LogP contribution in [0, 0.1) is 11.8 Å². The maximum absolute atomic E-state index is 11.3. The number of hydrogen-bond acceptors (Lipinski definition) is 2. The second-order valence-electron chi connectivity index (χ2n) is 3.91. The van der Waals surface area contributed by atoms with E-state index in [1.165, 1.54) is 0 Å². The van der Waals surface area contributed by atoms with Crippen LogP contribution >= 0.6 is 0 Å². The van der Waals surface area contributed by atoms with Crippen molar-refractivity contribution in [2.75, 3.05) is 0 Å². The molecular formula is C11H22O2. The van der Waals surface area contributed by atoms with E-state index >= 15 is 0 Å². The Labute approximate surface area is 81.3 Å². The largest absolute Gasteiger partial charge is 0.393 e. The van der Waals surface area contributed by atoms with Crippen LogP contribution in [0.2, 0.25) is 0 Å². The van der Waals surface area contributed by atoms with Gasteiger partial charge in [-0.1, -0.05) is 27.7 Å². The summed E-state index contributed by atoms with van der Waals surface area (Å²) in [5.74, 6) is 0.631. The Hall–Kier alpha value is -0.370. The number of hydrogen-bond donors (Lipinski definition) is 1. The maximum Gasteiger partial charge on any atom is 0.135 e. The molecule has 0 heterocycles. The third kappa shape index (κ3) is 4.41. The normalized spacial score (nSPS) is 17.9. The molecule has 13 heavy (non-hydrogen) atoms. The van der Waals surface area contributed by atoms with E-state index in [1.54, 1.807) is 0 Å². The fourth-order valence-electron chi connectivity index (χ4n) is 1.60. The SMILES string of the molecule is CCC(=O)[C@H](C)C[C@H](C)[C@H](O)CC. The Balaban J connectivity index is 3.90. The van der Waals surface area contributed by atoms with Gasteiger partial charge in [0, 0.05) is 12.3 Å². The number of Topliss-reactive ketones (excluding diaryl/α,β-unsaturated/α-hetero) is 1. The summed E-state index contributed by atoms with van der Waals surface area (Å²) in [5, 5.41) is 9.52. The van der Waals surface area contributed by atoms with Gasteiger partial charge in [-0.15, -0.1) is 0 Å². The highest BCUT2D eigenvalue weighted by molar-refractivity contribution is 5.80. The lowest BCUT2D eigenvalue weighted by Crippen LogP contribution is -2.22. The zero-order valence-electron chi connectivity index (χ0n) is 9.21.